The summed E-state index contributed by atoms with van der Waals surface area (Å²) in [7, 11) is 4.75. The summed E-state index contributed by atoms with van der Waals surface area (Å²) < 4.78 is 29.9. The van der Waals surface area contributed by atoms with Gasteiger partial charge in [0.15, 0.2) is 17.5 Å². The Balaban J connectivity index is 0.00000392. The highest BCUT2D eigenvalue weighted by atomic mass is 127. The fourth-order valence-electron chi connectivity index (χ4n) is 2.54. The van der Waals surface area contributed by atoms with Crippen molar-refractivity contribution in [3.63, 3.8) is 0 Å². The Labute approximate surface area is 182 Å². The summed E-state index contributed by atoms with van der Waals surface area (Å²) >= 11 is 0. The molecule has 0 aliphatic heterocycles. The first-order valence-electron chi connectivity index (χ1n) is 8.67. The molecule has 0 atom stereocenters. The van der Waals surface area contributed by atoms with E-state index in [0.717, 1.165) is 5.56 Å². The van der Waals surface area contributed by atoms with Crippen LogP contribution >= 0.6 is 24.0 Å². The molecule has 0 radical (unpaired) electrons. The minimum atomic E-state index is -0.248. The molecule has 8 heteroatoms. The van der Waals surface area contributed by atoms with E-state index in [1.54, 1.807) is 45.6 Å². The van der Waals surface area contributed by atoms with Crippen LogP contribution in [0.25, 0.3) is 0 Å². The van der Waals surface area contributed by atoms with Crippen molar-refractivity contribution in [2.24, 2.45) is 4.99 Å². The molecule has 6 nitrogen and oxygen atoms in total. The number of benzene rings is 2. The number of rotatable bonds is 8. The van der Waals surface area contributed by atoms with Crippen LogP contribution in [0.1, 0.15) is 18.1 Å². The number of nitrogens with zero attached hydrogens (tertiary/aromatic N) is 1. The molecule has 2 N–H and O–H groups in total. The molecule has 0 amide bonds. The second-order valence-electron chi connectivity index (χ2n) is 5.66. The zero-order chi connectivity index (χ0) is 19.6. The van der Waals surface area contributed by atoms with Crippen LogP contribution in [0.5, 0.6) is 17.2 Å². The Morgan fingerprint density at radius 3 is 2.18 bits per heavy atom. The molecule has 0 bridgehead atoms. The zero-order valence-corrected chi connectivity index (χ0v) is 18.9. The monoisotopic (exact) mass is 503 g/mol. The van der Waals surface area contributed by atoms with Crippen LogP contribution in [0.2, 0.25) is 0 Å². The molecule has 0 saturated heterocycles. The molecule has 0 aromatic heterocycles. The molecule has 0 heterocycles. The molecule has 0 saturated carbocycles. The zero-order valence-electron chi connectivity index (χ0n) is 16.5. The summed E-state index contributed by atoms with van der Waals surface area (Å²) in [5, 5.41) is 6.29. The molecule has 2 rings (SSSR count). The molecule has 0 unspecified atom stereocenters. The van der Waals surface area contributed by atoms with Gasteiger partial charge < -0.3 is 24.8 Å². The van der Waals surface area contributed by atoms with Gasteiger partial charge in [-0.05, 0) is 19.1 Å². The second-order valence-corrected chi connectivity index (χ2v) is 5.66. The van der Waals surface area contributed by atoms with Crippen LogP contribution in [-0.2, 0) is 13.1 Å². The fourth-order valence-corrected chi connectivity index (χ4v) is 2.54. The van der Waals surface area contributed by atoms with E-state index in [-0.39, 0.29) is 29.8 Å². The number of halogens is 2. The van der Waals surface area contributed by atoms with E-state index < -0.39 is 0 Å². The van der Waals surface area contributed by atoms with Crippen molar-refractivity contribution >= 4 is 29.9 Å². The standard InChI is InChI=1S/C20H26FN3O3.HI/c1-5-22-20(23-12-14-8-6-7-9-16(14)21)24-13-15-10-18(26-3)19(27-4)11-17(15)25-2;/h6-11H,5,12-13H2,1-4H3,(H2,22,23,24);1H. The highest BCUT2D eigenvalue weighted by Gasteiger charge is 2.12. The number of nitrogens with one attached hydrogen (secondary N) is 2. The summed E-state index contributed by atoms with van der Waals surface area (Å²) in [5.41, 5.74) is 1.42. The van der Waals surface area contributed by atoms with Crippen LogP contribution in [0, 0.1) is 5.82 Å². The minimum absolute atomic E-state index is 0. The van der Waals surface area contributed by atoms with Gasteiger partial charge in [0.1, 0.15) is 11.6 Å². The first-order valence-corrected chi connectivity index (χ1v) is 8.67. The van der Waals surface area contributed by atoms with Gasteiger partial charge in [-0.15, -0.1) is 24.0 Å². The van der Waals surface area contributed by atoms with Gasteiger partial charge in [-0.2, -0.15) is 0 Å². The van der Waals surface area contributed by atoms with E-state index >= 15 is 0 Å². The molecule has 2 aromatic carbocycles. The van der Waals surface area contributed by atoms with E-state index in [4.69, 9.17) is 14.2 Å². The van der Waals surface area contributed by atoms with Crippen molar-refractivity contribution in [1.82, 2.24) is 10.6 Å². The lowest BCUT2D eigenvalue weighted by Crippen LogP contribution is -2.37. The Bertz CT molecular complexity index is 787. The van der Waals surface area contributed by atoms with Gasteiger partial charge in [0, 0.05) is 30.3 Å². The number of aliphatic imine (C=N–C) groups is 1. The second kappa shape index (κ2) is 12.3. The van der Waals surface area contributed by atoms with Crippen molar-refractivity contribution in [2.45, 2.75) is 20.0 Å². The molecular formula is C20H27FIN3O3. The Kier molecular flexibility index (Phi) is 10.4. The van der Waals surface area contributed by atoms with Crippen LogP contribution in [0.3, 0.4) is 0 Å². The van der Waals surface area contributed by atoms with E-state index in [1.807, 2.05) is 13.0 Å². The molecule has 28 heavy (non-hydrogen) atoms. The van der Waals surface area contributed by atoms with E-state index in [9.17, 15) is 4.39 Å². The predicted molar refractivity (Wildman–Crippen MR) is 120 cm³/mol. The number of hydrogen-bond donors (Lipinski definition) is 2. The number of ether oxygens (including phenoxy) is 3. The summed E-state index contributed by atoms with van der Waals surface area (Å²) in [4.78, 5) is 4.56. The molecular weight excluding hydrogens is 476 g/mol. The van der Waals surface area contributed by atoms with Crippen molar-refractivity contribution < 1.29 is 18.6 Å². The van der Waals surface area contributed by atoms with Crippen LogP contribution < -0.4 is 24.8 Å². The smallest absolute Gasteiger partial charge is 0.191 e. The lowest BCUT2D eigenvalue weighted by molar-refractivity contribution is 0.347. The maximum Gasteiger partial charge on any atom is 0.191 e. The average Bonchev–Trinajstić information content (AvgIpc) is 2.70. The van der Waals surface area contributed by atoms with Crippen molar-refractivity contribution in [1.29, 1.82) is 0 Å². The third-order valence-corrected chi connectivity index (χ3v) is 3.94. The van der Waals surface area contributed by atoms with Gasteiger partial charge in [0.25, 0.3) is 0 Å². The molecule has 0 aliphatic carbocycles. The minimum Gasteiger partial charge on any atom is -0.496 e. The van der Waals surface area contributed by atoms with Crippen molar-refractivity contribution in [2.75, 3.05) is 27.9 Å². The van der Waals surface area contributed by atoms with Gasteiger partial charge in [-0.3, -0.25) is 0 Å². The van der Waals surface area contributed by atoms with Gasteiger partial charge in [-0.1, -0.05) is 18.2 Å². The predicted octanol–water partition coefficient (Wildman–Crippen LogP) is 3.72. The highest BCUT2D eigenvalue weighted by molar-refractivity contribution is 14.0. The normalized spacial score (nSPS) is 10.7. The number of methoxy groups -OCH3 is 3. The lowest BCUT2D eigenvalue weighted by Gasteiger charge is -2.15. The molecule has 2 aromatic rings. The molecule has 154 valence electrons. The van der Waals surface area contributed by atoms with Gasteiger partial charge >= 0.3 is 0 Å². The lowest BCUT2D eigenvalue weighted by atomic mass is 10.1. The van der Waals surface area contributed by atoms with Crippen molar-refractivity contribution in [3.8, 4) is 17.2 Å². The summed E-state index contributed by atoms with van der Waals surface area (Å²) in [6.45, 7) is 3.35. The molecule has 0 spiro atoms. The SMILES string of the molecule is CCNC(=NCc1cc(OC)c(OC)cc1OC)NCc1ccccc1F.I. The van der Waals surface area contributed by atoms with Gasteiger partial charge in [0.05, 0.1) is 27.9 Å². The summed E-state index contributed by atoms with van der Waals surface area (Å²) in [6, 6.07) is 10.3. The number of guanidine groups is 1. The largest absolute Gasteiger partial charge is 0.496 e. The molecule has 0 fully saturated rings. The van der Waals surface area contributed by atoms with Crippen LogP contribution in [0.4, 0.5) is 4.39 Å². The maximum atomic E-state index is 13.8. The van der Waals surface area contributed by atoms with E-state index in [2.05, 4.69) is 15.6 Å². The first kappa shape index (κ1) is 23.8. The molecule has 0 aliphatic rings. The highest BCUT2D eigenvalue weighted by Crippen LogP contribution is 2.34. The topological polar surface area (TPSA) is 64.1 Å². The third kappa shape index (κ3) is 6.43. The van der Waals surface area contributed by atoms with Crippen LogP contribution in [-0.4, -0.2) is 33.8 Å². The summed E-state index contributed by atoms with van der Waals surface area (Å²) in [5.74, 6) is 2.18. The van der Waals surface area contributed by atoms with Crippen LogP contribution in [0.15, 0.2) is 41.4 Å². The number of hydrogen-bond acceptors (Lipinski definition) is 4. The maximum absolute atomic E-state index is 13.8. The third-order valence-electron chi connectivity index (χ3n) is 3.94. The van der Waals surface area contributed by atoms with Gasteiger partial charge in [0.2, 0.25) is 0 Å². The van der Waals surface area contributed by atoms with Gasteiger partial charge in [-0.25, -0.2) is 9.38 Å². The fraction of sp³-hybridized carbons (Fsp3) is 0.350. The van der Waals surface area contributed by atoms with Crippen molar-refractivity contribution in [3.05, 3.63) is 53.3 Å². The Morgan fingerprint density at radius 2 is 1.57 bits per heavy atom. The van der Waals surface area contributed by atoms with E-state index in [1.165, 1.54) is 6.07 Å². The Morgan fingerprint density at radius 1 is 0.929 bits per heavy atom. The van der Waals surface area contributed by atoms with E-state index in [0.29, 0.717) is 48.4 Å². The quantitative estimate of drug-likeness (QED) is 0.327. The first-order chi connectivity index (χ1) is 13.1. The summed E-state index contributed by atoms with van der Waals surface area (Å²) in [6.07, 6.45) is 0. The average molecular weight is 503 g/mol. The Hall–Kier alpha value is -2.23.